The van der Waals surface area contributed by atoms with Crippen LogP contribution in [0.4, 0.5) is 5.69 Å². The molecule has 206 valence electrons. The van der Waals surface area contributed by atoms with Gasteiger partial charge in [-0.15, -0.1) is 6.58 Å². The van der Waals surface area contributed by atoms with Crippen LogP contribution in [0, 0.1) is 5.92 Å². The fourth-order valence-electron chi connectivity index (χ4n) is 5.90. The number of H-pyrrole nitrogens is 1. The predicted octanol–water partition coefficient (Wildman–Crippen LogP) is 5.97. The number of piperidine rings is 1. The lowest BCUT2D eigenvalue weighted by atomic mass is 9.85. The number of benzene rings is 2. The highest BCUT2D eigenvalue weighted by Gasteiger charge is 2.34. The molecule has 2 amide bonds. The normalized spacial score (nSPS) is 21.1. The van der Waals surface area contributed by atoms with Crippen molar-refractivity contribution < 1.29 is 18.0 Å². The topological polar surface area (TPSA) is 99.3 Å². The average molecular weight is 568 g/mol. The van der Waals surface area contributed by atoms with Crippen molar-refractivity contribution in [3.8, 4) is 0 Å². The molecule has 1 saturated carbocycles. The van der Waals surface area contributed by atoms with Crippen molar-refractivity contribution in [1.29, 1.82) is 0 Å². The molecule has 3 aromatic rings. The lowest BCUT2D eigenvalue weighted by molar-refractivity contribution is -0.119. The van der Waals surface area contributed by atoms with Crippen LogP contribution in [-0.2, 0) is 14.6 Å². The molecule has 39 heavy (non-hydrogen) atoms. The molecular weight excluding hydrogens is 534 g/mol. The van der Waals surface area contributed by atoms with Gasteiger partial charge in [0.1, 0.15) is 5.25 Å². The van der Waals surface area contributed by atoms with Crippen molar-refractivity contribution in [2.75, 3.05) is 17.2 Å². The molecule has 0 bridgehead atoms. The highest BCUT2D eigenvalue weighted by molar-refractivity contribution is 7.91. The monoisotopic (exact) mass is 567 g/mol. The smallest absolute Gasteiger partial charge is 0.251 e. The summed E-state index contributed by atoms with van der Waals surface area (Å²) in [5, 5.41) is 3.68. The first-order valence-electron chi connectivity index (χ1n) is 13.6. The summed E-state index contributed by atoms with van der Waals surface area (Å²) >= 11 is 6.19. The molecule has 3 unspecified atom stereocenters. The Morgan fingerprint density at radius 1 is 1.13 bits per heavy atom. The molecule has 7 nitrogen and oxygen atoms in total. The van der Waals surface area contributed by atoms with Gasteiger partial charge in [0.25, 0.3) is 5.91 Å². The molecule has 9 heteroatoms. The number of aromatic nitrogens is 1. The van der Waals surface area contributed by atoms with E-state index >= 15 is 0 Å². The highest BCUT2D eigenvalue weighted by Crippen LogP contribution is 2.34. The van der Waals surface area contributed by atoms with Crippen molar-refractivity contribution in [3.63, 3.8) is 0 Å². The van der Waals surface area contributed by atoms with E-state index in [2.05, 4.69) is 16.9 Å². The average Bonchev–Trinajstić information content (AvgIpc) is 3.30. The van der Waals surface area contributed by atoms with Gasteiger partial charge in [-0.2, -0.15) is 0 Å². The Bertz CT molecular complexity index is 1480. The molecule has 3 atom stereocenters. The summed E-state index contributed by atoms with van der Waals surface area (Å²) in [6.45, 7) is 4.52. The third kappa shape index (κ3) is 5.92. The van der Waals surface area contributed by atoms with Crippen molar-refractivity contribution in [2.24, 2.45) is 5.92 Å². The number of nitrogens with zero attached hydrogens (tertiary/aromatic N) is 1. The molecule has 0 spiro atoms. The molecule has 2 aromatic carbocycles. The Kier molecular flexibility index (Phi) is 8.14. The minimum Gasteiger partial charge on any atom is -0.360 e. The van der Waals surface area contributed by atoms with E-state index in [-0.39, 0.29) is 29.5 Å². The van der Waals surface area contributed by atoms with Gasteiger partial charge in [0, 0.05) is 47.4 Å². The third-order valence-corrected chi connectivity index (χ3v) is 10.5. The zero-order valence-corrected chi connectivity index (χ0v) is 23.4. The van der Waals surface area contributed by atoms with Crippen LogP contribution >= 0.6 is 11.6 Å². The predicted molar refractivity (Wildman–Crippen MR) is 156 cm³/mol. The van der Waals surface area contributed by atoms with E-state index in [1.165, 1.54) is 6.08 Å². The Morgan fingerprint density at radius 2 is 1.90 bits per heavy atom. The lowest BCUT2D eigenvalue weighted by Gasteiger charge is -2.33. The van der Waals surface area contributed by atoms with Crippen molar-refractivity contribution in [2.45, 2.75) is 56.2 Å². The second-order valence-electron chi connectivity index (χ2n) is 10.6. The van der Waals surface area contributed by atoms with Gasteiger partial charge in [0.15, 0.2) is 9.84 Å². The molecule has 2 fully saturated rings. The van der Waals surface area contributed by atoms with Gasteiger partial charge in [-0.25, -0.2) is 8.42 Å². The first kappa shape index (κ1) is 27.5. The highest BCUT2D eigenvalue weighted by atomic mass is 35.5. The summed E-state index contributed by atoms with van der Waals surface area (Å²) in [6.07, 6.45) is 8.93. The van der Waals surface area contributed by atoms with Crippen LogP contribution in [0.15, 0.2) is 61.3 Å². The number of hydrogen-bond donors (Lipinski definition) is 2. The number of halogens is 1. The molecule has 1 aliphatic carbocycles. The van der Waals surface area contributed by atoms with Gasteiger partial charge in [0.05, 0.1) is 10.8 Å². The number of nitrogens with one attached hydrogen (secondary N) is 2. The molecule has 2 N–H and O–H groups in total. The van der Waals surface area contributed by atoms with Crippen LogP contribution in [0.2, 0.25) is 5.02 Å². The van der Waals surface area contributed by atoms with Gasteiger partial charge >= 0.3 is 0 Å². The minimum atomic E-state index is -3.60. The molecule has 1 aliphatic heterocycles. The molecule has 2 aliphatic rings. The second kappa shape index (κ2) is 11.6. The fourth-order valence-corrected chi connectivity index (χ4v) is 8.17. The summed E-state index contributed by atoms with van der Waals surface area (Å²) in [6, 6.07) is 12.3. The first-order chi connectivity index (χ1) is 18.8. The largest absolute Gasteiger partial charge is 0.360 e. The van der Waals surface area contributed by atoms with Gasteiger partial charge in [0.2, 0.25) is 5.91 Å². The number of amides is 2. The molecule has 2 heterocycles. The van der Waals surface area contributed by atoms with Gasteiger partial charge in [-0.3, -0.25) is 9.59 Å². The number of anilines is 1. The maximum atomic E-state index is 13.6. The van der Waals surface area contributed by atoms with Gasteiger partial charge in [-0.1, -0.05) is 42.7 Å². The summed E-state index contributed by atoms with van der Waals surface area (Å²) in [4.78, 5) is 30.2. The maximum absolute atomic E-state index is 13.6. The van der Waals surface area contributed by atoms with Crippen LogP contribution < -0.4 is 10.2 Å². The number of sulfone groups is 1. The van der Waals surface area contributed by atoms with E-state index in [1.807, 2.05) is 24.3 Å². The van der Waals surface area contributed by atoms with Gasteiger partial charge in [-0.05, 0) is 67.5 Å². The summed E-state index contributed by atoms with van der Waals surface area (Å²) in [5.74, 6) is -0.341. The zero-order valence-electron chi connectivity index (χ0n) is 21.9. The Labute approximate surface area is 234 Å². The summed E-state index contributed by atoms with van der Waals surface area (Å²) in [7, 11) is -3.60. The van der Waals surface area contributed by atoms with E-state index in [4.69, 9.17) is 11.6 Å². The Hall–Kier alpha value is -3.10. The maximum Gasteiger partial charge on any atom is 0.251 e. The van der Waals surface area contributed by atoms with E-state index < -0.39 is 15.1 Å². The van der Waals surface area contributed by atoms with Crippen LogP contribution in [0.5, 0.6) is 0 Å². The standard InChI is InChI=1S/C30H34ClN3O4S/c1-2-28(21-12-15-24-25(31)18-32-27(24)17-21)39(37,38)19-22-7-3-4-8-26(22)33-30(36)20-10-13-23(14-11-20)34-16-6-5-9-29(34)35/h2,10-15,17-18,22,26,28,32H,1,3-9,16,19H2,(H,33,36). The Balaban J connectivity index is 1.28. The molecule has 1 saturated heterocycles. The summed E-state index contributed by atoms with van der Waals surface area (Å²) < 4.78 is 27.3. The van der Waals surface area contributed by atoms with Crippen molar-refractivity contribution in [1.82, 2.24) is 10.3 Å². The molecule has 5 rings (SSSR count). The van der Waals surface area contributed by atoms with Crippen molar-refractivity contribution in [3.05, 3.63) is 77.5 Å². The Morgan fingerprint density at radius 3 is 2.64 bits per heavy atom. The summed E-state index contributed by atoms with van der Waals surface area (Å²) in [5.41, 5.74) is 2.71. The SMILES string of the molecule is C=CC(c1ccc2c(Cl)c[nH]c2c1)S(=O)(=O)CC1CCCCC1NC(=O)c1ccc(N2CCCCC2=O)cc1. The molecule has 0 radical (unpaired) electrons. The number of fused-ring (bicyclic) bond motifs is 1. The number of carbonyl (C=O) groups is 2. The fraction of sp³-hybridized carbons (Fsp3) is 0.400. The van der Waals surface area contributed by atoms with Crippen molar-refractivity contribution >= 4 is 49.8 Å². The van der Waals surface area contributed by atoms with Crippen LogP contribution in [0.1, 0.15) is 66.1 Å². The zero-order chi connectivity index (χ0) is 27.6. The number of carbonyl (C=O) groups excluding carboxylic acids is 2. The van der Waals surface area contributed by atoms with Crippen LogP contribution in [0.3, 0.4) is 0 Å². The van der Waals surface area contributed by atoms with E-state index in [0.29, 0.717) is 29.1 Å². The first-order valence-corrected chi connectivity index (χ1v) is 15.7. The second-order valence-corrected chi connectivity index (χ2v) is 13.2. The molecular formula is C30H34ClN3O4S. The quantitative estimate of drug-likeness (QED) is 0.328. The lowest BCUT2D eigenvalue weighted by Crippen LogP contribution is -2.44. The van der Waals surface area contributed by atoms with Crippen LogP contribution in [0.25, 0.3) is 10.9 Å². The van der Waals surface area contributed by atoms with E-state index in [9.17, 15) is 18.0 Å². The molecule has 1 aromatic heterocycles. The van der Waals surface area contributed by atoms with E-state index in [1.54, 1.807) is 29.3 Å². The van der Waals surface area contributed by atoms with E-state index in [0.717, 1.165) is 55.1 Å². The number of rotatable bonds is 8. The minimum absolute atomic E-state index is 0.0336. The van der Waals surface area contributed by atoms with Gasteiger partial charge < -0.3 is 15.2 Å². The third-order valence-electron chi connectivity index (χ3n) is 8.02. The van der Waals surface area contributed by atoms with Crippen LogP contribution in [-0.4, -0.2) is 43.6 Å². The number of aromatic amines is 1. The number of hydrogen-bond acceptors (Lipinski definition) is 4.